The van der Waals surface area contributed by atoms with Gasteiger partial charge < -0.3 is 15.5 Å². The molecule has 0 amide bonds. The Bertz CT molecular complexity index is 395. The van der Waals surface area contributed by atoms with Gasteiger partial charge in [0.15, 0.2) is 0 Å². The third-order valence-electron chi connectivity index (χ3n) is 4.23. The summed E-state index contributed by atoms with van der Waals surface area (Å²) in [7, 11) is 2.18. The Morgan fingerprint density at radius 3 is 2.61 bits per heavy atom. The van der Waals surface area contributed by atoms with E-state index in [0.29, 0.717) is 6.04 Å². The Morgan fingerprint density at radius 2 is 2.00 bits per heavy atom. The second-order valence-electron chi connectivity index (χ2n) is 5.28. The summed E-state index contributed by atoms with van der Waals surface area (Å²) >= 11 is 0. The fourth-order valence-corrected chi connectivity index (χ4v) is 2.79. The summed E-state index contributed by atoms with van der Waals surface area (Å²) in [6.07, 6.45) is 2.47. The van der Waals surface area contributed by atoms with Crippen LogP contribution in [0, 0.1) is 6.92 Å². The van der Waals surface area contributed by atoms with Gasteiger partial charge in [-0.15, -0.1) is 0 Å². The molecule has 3 heteroatoms. The van der Waals surface area contributed by atoms with E-state index in [4.69, 9.17) is 5.73 Å². The minimum atomic E-state index is 0.622. The molecule has 0 unspecified atom stereocenters. The molecule has 100 valence electrons. The molecule has 0 spiro atoms. The number of benzene rings is 1. The van der Waals surface area contributed by atoms with Gasteiger partial charge in [-0.25, -0.2) is 0 Å². The van der Waals surface area contributed by atoms with Crippen LogP contribution in [0.15, 0.2) is 18.2 Å². The van der Waals surface area contributed by atoms with E-state index < -0.39 is 0 Å². The van der Waals surface area contributed by atoms with Crippen molar-refractivity contribution in [2.45, 2.75) is 32.7 Å². The molecule has 1 heterocycles. The van der Waals surface area contributed by atoms with Crippen LogP contribution in [-0.4, -0.2) is 37.6 Å². The molecule has 3 nitrogen and oxygen atoms in total. The van der Waals surface area contributed by atoms with Gasteiger partial charge in [-0.2, -0.15) is 0 Å². The van der Waals surface area contributed by atoms with E-state index in [9.17, 15) is 0 Å². The number of anilines is 2. The Morgan fingerprint density at radius 1 is 1.33 bits per heavy atom. The van der Waals surface area contributed by atoms with Crippen molar-refractivity contribution in [3.63, 3.8) is 0 Å². The minimum Gasteiger partial charge on any atom is -0.397 e. The first-order valence-corrected chi connectivity index (χ1v) is 6.93. The van der Waals surface area contributed by atoms with Gasteiger partial charge in [0.05, 0.1) is 11.4 Å². The number of nitrogens with two attached hydrogens (primary N) is 1. The highest BCUT2D eigenvalue weighted by Gasteiger charge is 2.22. The third kappa shape index (κ3) is 2.61. The monoisotopic (exact) mass is 247 g/mol. The molecule has 0 aliphatic carbocycles. The predicted octanol–water partition coefficient (Wildman–Crippen LogP) is 2.50. The first-order chi connectivity index (χ1) is 8.63. The highest BCUT2D eigenvalue weighted by Crippen LogP contribution is 2.29. The van der Waals surface area contributed by atoms with E-state index in [1.807, 2.05) is 0 Å². The standard InChI is InChI=1S/C15H25N3/c1-4-18-10-8-13(9-11-18)17(3)14-7-5-6-12(2)15(14)16/h5-7,13H,4,8-11,16H2,1-3H3. The fourth-order valence-electron chi connectivity index (χ4n) is 2.79. The van der Waals surface area contributed by atoms with E-state index in [1.165, 1.54) is 43.7 Å². The van der Waals surface area contributed by atoms with Crippen LogP contribution in [0.5, 0.6) is 0 Å². The SMILES string of the molecule is CCN1CCC(N(C)c2cccc(C)c2N)CC1. The first-order valence-electron chi connectivity index (χ1n) is 6.93. The van der Waals surface area contributed by atoms with E-state index in [2.05, 4.69) is 48.9 Å². The van der Waals surface area contributed by atoms with E-state index in [1.54, 1.807) is 0 Å². The van der Waals surface area contributed by atoms with Crippen molar-refractivity contribution in [2.75, 3.05) is 37.3 Å². The zero-order chi connectivity index (χ0) is 13.1. The van der Waals surface area contributed by atoms with Crippen LogP contribution in [0.3, 0.4) is 0 Å². The summed E-state index contributed by atoms with van der Waals surface area (Å²) in [4.78, 5) is 4.89. The van der Waals surface area contributed by atoms with E-state index in [-0.39, 0.29) is 0 Å². The molecular formula is C15H25N3. The van der Waals surface area contributed by atoms with Crippen LogP contribution in [0.2, 0.25) is 0 Å². The maximum atomic E-state index is 6.19. The Balaban J connectivity index is 2.08. The number of hydrogen-bond donors (Lipinski definition) is 1. The van der Waals surface area contributed by atoms with E-state index in [0.717, 1.165) is 5.69 Å². The van der Waals surface area contributed by atoms with Crippen molar-refractivity contribution in [1.82, 2.24) is 4.90 Å². The molecule has 1 aliphatic heterocycles. The molecule has 1 saturated heterocycles. The Hall–Kier alpha value is -1.22. The lowest BCUT2D eigenvalue weighted by atomic mass is 10.0. The van der Waals surface area contributed by atoms with Crippen molar-refractivity contribution >= 4 is 11.4 Å². The predicted molar refractivity (Wildman–Crippen MR) is 79.1 cm³/mol. The molecule has 0 atom stereocenters. The number of nitrogens with zero attached hydrogens (tertiary/aromatic N) is 2. The number of likely N-dealkylation sites (tertiary alicyclic amines) is 1. The first kappa shape index (κ1) is 13.2. The van der Waals surface area contributed by atoms with Crippen molar-refractivity contribution in [2.24, 2.45) is 0 Å². The summed E-state index contributed by atoms with van der Waals surface area (Å²) in [6, 6.07) is 6.93. The third-order valence-corrected chi connectivity index (χ3v) is 4.23. The summed E-state index contributed by atoms with van der Waals surface area (Å²) in [6.45, 7) is 7.90. The second-order valence-corrected chi connectivity index (χ2v) is 5.28. The van der Waals surface area contributed by atoms with Crippen LogP contribution < -0.4 is 10.6 Å². The summed E-state index contributed by atoms with van der Waals surface area (Å²) in [5.74, 6) is 0. The smallest absolute Gasteiger partial charge is 0.0602 e. The molecule has 0 radical (unpaired) electrons. The topological polar surface area (TPSA) is 32.5 Å². The van der Waals surface area contributed by atoms with Gasteiger partial charge in [-0.3, -0.25) is 0 Å². The quantitative estimate of drug-likeness (QED) is 0.833. The second kappa shape index (κ2) is 5.61. The number of aryl methyl sites for hydroxylation is 1. The van der Waals surface area contributed by atoms with Gasteiger partial charge >= 0.3 is 0 Å². The lowest BCUT2D eigenvalue weighted by molar-refractivity contribution is 0.221. The van der Waals surface area contributed by atoms with Crippen molar-refractivity contribution in [1.29, 1.82) is 0 Å². The number of nitrogen functional groups attached to an aromatic ring is 1. The maximum Gasteiger partial charge on any atom is 0.0602 e. The highest BCUT2D eigenvalue weighted by molar-refractivity contribution is 5.71. The number of para-hydroxylation sites is 1. The molecule has 0 aromatic heterocycles. The number of hydrogen-bond acceptors (Lipinski definition) is 3. The lowest BCUT2D eigenvalue weighted by Gasteiger charge is -2.38. The molecule has 2 N–H and O–H groups in total. The molecule has 1 aliphatic rings. The van der Waals surface area contributed by atoms with Crippen molar-refractivity contribution in [3.8, 4) is 0 Å². The average Bonchev–Trinajstić information content (AvgIpc) is 2.41. The molecule has 1 aromatic carbocycles. The van der Waals surface area contributed by atoms with Crippen LogP contribution in [0.1, 0.15) is 25.3 Å². The average molecular weight is 247 g/mol. The zero-order valence-corrected chi connectivity index (χ0v) is 11.8. The largest absolute Gasteiger partial charge is 0.397 e. The van der Waals surface area contributed by atoms with Crippen LogP contribution in [0.4, 0.5) is 11.4 Å². The van der Waals surface area contributed by atoms with Gasteiger partial charge in [-0.05, 0) is 37.9 Å². The van der Waals surface area contributed by atoms with Gasteiger partial charge in [0.25, 0.3) is 0 Å². The molecule has 0 bridgehead atoms. The van der Waals surface area contributed by atoms with Crippen LogP contribution >= 0.6 is 0 Å². The molecule has 0 saturated carbocycles. The van der Waals surface area contributed by atoms with Crippen LogP contribution in [-0.2, 0) is 0 Å². The molecular weight excluding hydrogens is 222 g/mol. The molecule has 18 heavy (non-hydrogen) atoms. The normalized spacial score (nSPS) is 17.9. The lowest BCUT2D eigenvalue weighted by Crippen LogP contribution is -2.43. The van der Waals surface area contributed by atoms with Crippen molar-refractivity contribution < 1.29 is 0 Å². The van der Waals surface area contributed by atoms with Crippen LogP contribution in [0.25, 0.3) is 0 Å². The Labute approximate surface area is 111 Å². The highest BCUT2D eigenvalue weighted by atomic mass is 15.2. The van der Waals surface area contributed by atoms with Crippen molar-refractivity contribution in [3.05, 3.63) is 23.8 Å². The molecule has 2 rings (SSSR count). The van der Waals surface area contributed by atoms with Gasteiger partial charge in [-0.1, -0.05) is 19.1 Å². The Kier molecular flexibility index (Phi) is 4.12. The van der Waals surface area contributed by atoms with E-state index >= 15 is 0 Å². The number of rotatable bonds is 3. The molecule has 1 aromatic rings. The van der Waals surface area contributed by atoms with Gasteiger partial charge in [0.2, 0.25) is 0 Å². The zero-order valence-electron chi connectivity index (χ0n) is 11.8. The summed E-state index contributed by atoms with van der Waals surface area (Å²) in [5.41, 5.74) is 9.48. The summed E-state index contributed by atoms with van der Waals surface area (Å²) in [5, 5.41) is 0. The number of piperidine rings is 1. The minimum absolute atomic E-state index is 0.622. The summed E-state index contributed by atoms with van der Waals surface area (Å²) < 4.78 is 0. The fraction of sp³-hybridized carbons (Fsp3) is 0.600. The van der Waals surface area contributed by atoms with Gasteiger partial charge in [0, 0.05) is 26.2 Å². The molecule has 1 fully saturated rings. The van der Waals surface area contributed by atoms with Gasteiger partial charge in [0.1, 0.15) is 0 Å². The maximum absolute atomic E-state index is 6.19.